The topological polar surface area (TPSA) is 122 Å². The third-order valence-corrected chi connectivity index (χ3v) is 10.7. The number of nitrogens with two attached hydrogens (primary N) is 1. The predicted molar refractivity (Wildman–Crippen MR) is 260 cm³/mol. The number of benzene rings is 8. The first-order valence-electron chi connectivity index (χ1n) is 19.9. The quantitative estimate of drug-likeness (QED) is 0.113. The number of amides is 2. The zero-order valence-corrected chi connectivity index (χ0v) is 37.2. The van der Waals surface area contributed by atoms with Crippen molar-refractivity contribution in [3.05, 3.63) is 230 Å². The molecule has 5 N–H and O–H groups in total. The van der Waals surface area contributed by atoms with E-state index in [9.17, 15) is 28.3 Å². The Morgan fingerprint density at radius 1 is 0.462 bits per heavy atom. The van der Waals surface area contributed by atoms with Gasteiger partial charge in [-0.25, -0.2) is 13.6 Å². The van der Waals surface area contributed by atoms with Crippen LogP contribution in [0, 0.1) is 25.5 Å². The molecule has 8 aromatic rings. The number of carbonyl (C=O) groups is 3. The fourth-order valence-corrected chi connectivity index (χ4v) is 6.94. The summed E-state index contributed by atoms with van der Waals surface area (Å²) in [5.41, 5.74) is 15.7. The number of halogens is 5. The van der Waals surface area contributed by atoms with Gasteiger partial charge in [-0.05, 0) is 168 Å². The second kappa shape index (κ2) is 21.9. The number of hydrogen-bond donors (Lipinski definition) is 4. The van der Waals surface area contributed by atoms with E-state index >= 15 is 0 Å². The zero-order chi connectivity index (χ0) is 46.6. The second-order valence-electron chi connectivity index (χ2n) is 14.6. The van der Waals surface area contributed by atoms with E-state index in [1.807, 2.05) is 98.8 Å². The van der Waals surface area contributed by atoms with Crippen molar-refractivity contribution in [2.24, 2.45) is 0 Å². The van der Waals surface area contributed by atoms with Gasteiger partial charge in [0.15, 0.2) is 0 Å². The summed E-state index contributed by atoms with van der Waals surface area (Å²) in [5.74, 6) is -2.81. The molecule has 0 fully saturated rings. The smallest absolute Gasteiger partial charge is 0.337 e. The van der Waals surface area contributed by atoms with Gasteiger partial charge in [0.2, 0.25) is 0 Å². The van der Waals surface area contributed by atoms with Crippen LogP contribution in [0.2, 0.25) is 15.1 Å². The van der Waals surface area contributed by atoms with Gasteiger partial charge in [0, 0.05) is 37.6 Å². The highest BCUT2D eigenvalue weighted by Gasteiger charge is 2.16. The molecule has 0 atom stereocenters. The molecular formula is C53H40Cl3F2N3O4. The van der Waals surface area contributed by atoms with Gasteiger partial charge in [-0.2, -0.15) is 0 Å². The number of hydrogen-bond acceptors (Lipinski definition) is 4. The minimum atomic E-state index is -1.17. The van der Waals surface area contributed by atoms with Crippen molar-refractivity contribution < 1.29 is 28.3 Å². The highest BCUT2D eigenvalue weighted by molar-refractivity contribution is 6.31. The minimum Gasteiger partial charge on any atom is -0.478 e. The Morgan fingerprint density at radius 2 is 0.831 bits per heavy atom. The molecule has 0 unspecified atom stereocenters. The standard InChI is InChI=1S/C20H13ClFNO3.C20H15ClFNO.C13H12ClN/c21-15-3-1-2-13(10-15)14-6-9-17(20(25)26)18(11-14)23-19(24)12-4-7-16(22)8-5-12;1-13-5-6-16(15-3-2-4-17(21)11-15)12-19(13)23-20(24)14-7-9-18(22)10-8-14;1-9-5-6-11(8-13(9)15)10-3-2-4-12(14)7-10/h1-11H,(H,23,24)(H,25,26);2-12H,1H3,(H,23,24);2-8H,15H2,1H3. The van der Waals surface area contributed by atoms with Gasteiger partial charge < -0.3 is 21.5 Å². The number of carbonyl (C=O) groups excluding carboxylic acids is 2. The first kappa shape index (κ1) is 47.2. The molecule has 65 heavy (non-hydrogen) atoms. The average molecular weight is 927 g/mol. The van der Waals surface area contributed by atoms with Gasteiger partial charge in [0.05, 0.1) is 11.3 Å². The molecule has 0 heterocycles. The Kier molecular flexibility index (Phi) is 15.9. The normalized spacial score (nSPS) is 10.4. The Hall–Kier alpha value is -7.30. The van der Waals surface area contributed by atoms with Gasteiger partial charge >= 0.3 is 5.97 Å². The summed E-state index contributed by atoms with van der Waals surface area (Å²) in [6, 6.07) is 49.3. The van der Waals surface area contributed by atoms with Gasteiger partial charge in [0.25, 0.3) is 11.8 Å². The number of aromatic carboxylic acids is 1. The van der Waals surface area contributed by atoms with Crippen molar-refractivity contribution in [3.8, 4) is 33.4 Å². The molecule has 0 radical (unpaired) electrons. The lowest BCUT2D eigenvalue weighted by Crippen LogP contribution is -2.15. The Labute approximate surface area is 390 Å². The largest absolute Gasteiger partial charge is 0.478 e. The van der Waals surface area contributed by atoms with Crippen LogP contribution < -0.4 is 16.4 Å². The molecule has 0 aliphatic heterocycles. The molecule has 0 aliphatic rings. The minimum absolute atomic E-state index is 0.0498. The van der Waals surface area contributed by atoms with Crippen LogP contribution in [0.4, 0.5) is 25.8 Å². The number of rotatable bonds is 8. The van der Waals surface area contributed by atoms with E-state index in [0.717, 1.165) is 61.8 Å². The van der Waals surface area contributed by atoms with Gasteiger partial charge in [-0.3, -0.25) is 9.59 Å². The molecule has 0 aliphatic carbocycles. The zero-order valence-electron chi connectivity index (χ0n) is 34.9. The molecule has 0 bridgehead atoms. The maximum Gasteiger partial charge on any atom is 0.337 e. The van der Waals surface area contributed by atoms with E-state index in [1.54, 1.807) is 30.3 Å². The number of nitrogens with one attached hydrogen (secondary N) is 2. The van der Waals surface area contributed by atoms with Gasteiger partial charge in [-0.1, -0.05) is 102 Å². The summed E-state index contributed by atoms with van der Waals surface area (Å²) in [7, 11) is 0. The van der Waals surface area contributed by atoms with Crippen molar-refractivity contribution in [2.45, 2.75) is 13.8 Å². The van der Waals surface area contributed by atoms with E-state index in [-0.39, 0.29) is 28.5 Å². The Morgan fingerprint density at radius 3 is 1.25 bits per heavy atom. The fourth-order valence-electron chi connectivity index (χ4n) is 6.37. The van der Waals surface area contributed by atoms with Crippen LogP contribution in [0.1, 0.15) is 42.2 Å². The first-order valence-corrected chi connectivity index (χ1v) is 21.0. The lowest BCUT2D eigenvalue weighted by molar-refractivity contribution is 0.0697. The lowest BCUT2D eigenvalue weighted by Gasteiger charge is -2.11. The summed E-state index contributed by atoms with van der Waals surface area (Å²) < 4.78 is 26.0. The Balaban J connectivity index is 0.000000167. The highest BCUT2D eigenvalue weighted by atomic mass is 35.5. The van der Waals surface area contributed by atoms with Crippen molar-refractivity contribution in [1.82, 2.24) is 0 Å². The molecule has 8 aromatic carbocycles. The summed E-state index contributed by atoms with van der Waals surface area (Å²) in [5, 5.41) is 16.8. The highest BCUT2D eigenvalue weighted by Crippen LogP contribution is 2.30. The van der Waals surface area contributed by atoms with Crippen LogP contribution in [0.3, 0.4) is 0 Å². The number of carboxylic acid groups (broad SMARTS) is 1. The number of anilines is 3. The number of nitrogen functional groups attached to an aromatic ring is 1. The van der Waals surface area contributed by atoms with Crippen LogP contribution in [-0.2, 0) is 0 Å². The molecule has 0 aromatic heterocycles. The van der Waals surface area contributed by atoms with Crippen molar-refractivity contribution in [3.63, 3.8) is 0 Å². The predicted octanol–water partition coefficient (Wildman–Crippen LogP) is 14.7. The molecule has 8 rings (SSSR count). The molecule has 0 saturated heterocycles. The lowest BCUT2D eigenvalue weighted by atomic mass is 10.0. The third-order valence-electron chi connectivity index (χ3n) is 9.95. The molecule has 12 heteroatoms. The van der Waals surface area contributed by atoms with Crippen molar-refractivity contribution >= 4 is 69.6 Å². The van der Waals surface area contributed by atoms with Crippen molar-refractivity contribution in [1.29, 1.82) is 0 Å². The molecule has 326 valence electrons. The van der Waals surface area contributed by atoms with E-state index in [2.05, 4.69) is 16.7 Å². The summed E-state index contributed by atoms with van der Waals surface area (Å²) >= 11 is 18.0. The van der Waals surface area contributed by atoms with Crippen LogP contribution in [-0.4, -0.2) is 22.9 Å². The summed E-state index contributed by atoms with van der Waals surface area (Å²) in [6.45, 7) is 3.92. The molecule has 0 saturated carbocycles. The van der Waals surface area contributed by atoms with Crippen LogP contribution >= 0.6 is 34.8 Å². The molecular weight excluding hydrogens is 887 g/mol. The van der Waals surface area contributed by atoms with E-state index < -0.39 is 17.7 Å². The fraction of sp³-hybridized carbons (Fsp3) is 0.0377. The van der Waals surface area contributed by atoms with Gasteiger partial charge in [0.1, 0.15) is 11.6 Å². The van der Waals surface area contributed by atoms with Crippen molar-refractivity contribution in [2.75, 3.05) is 16.4 Å². The SMILES string of the molecule is Cc1ccc(-c2cccc(Cl)c2)cc1N.Cc1ccc(-c2cccc(Cl)c2)cc1NC(=O)c1ccc(F)cc1.O=C(Nc1cc(-c2cccc(Cl)c2)ccc1C(=O)O)c1ccc(F)cc1. The second-order valence-corrected chi connectivity index (χ2v) is 15.9. The summed E-state index contributed by atoms with van der Waals surface area (Å²) in [6.07, 6.45) is 0. The van der Waals surface area contributed by atoms with E-state index in [0.29, 0.717) is 26.9 Å². The van der Waals surface area contributed by atoms with Gasteiger partial charge in [-0.15, -0.1) is 0 Å². The maximum absolute atomic E-state index is 13.0. The first-order chi connectivity index (χ1) is 31.1. The third kappa shape index (κ3) is 13.1. The van der Waals surface area contributed by atoms with E-state index in [4.69, 9.17) is 40.5 Å². The summed E-state index contributed by atoms with van der Waals surface area (Å²) in [4.78, 5) is 36.1. The van der Waals surface area contributed by atoms with E-state index in [1.165, 1.54) is 42.5 Å². The van der Waals surface area contributed by atoms with Crippen LogP contribution in [0.5, 0.6) is 0 Å². The van der Waals surface area contributed by atoms with Crippen LogP contribution in [0.25, 0.3) is 33.4 Å². The monoisotopic (exact) mass is 925 g/mol. The van der Waals surface area contributed by atoms with Crippen LogP contribution in [0.15, 0.2) is 176 Å². The molecule has 0 spiro atoms. The Bertz CT molecular complexity index is 3000. The average Bonchev–Trinajstić information content (AvgIpc) is 3.29. The maximum atomic E-state index is 13.0. The molecule has 2 amide bonds. The molecule has 7 nitrogen and oxygen atoms in total. The number of carboxylic acids is 1. The number of aryl methyl sites for hydroxylation is 2.